The molecule has 1 unspecified atom stereocenters. The quantitative estimate of drug-likeness (QED) is 0.358. The highest BCUT2D eigenvalue weighted by Gasteiger charge is 2.25. The number of nitro groups is 1. The monoisotopic (exact) mass is 417 g/mol. The molecule has 7 nitrogen and oxygen atoms in total. The lowest BCUT2D eigenvalue weighted by atomic mass is 9.98. The third-order valence-electron chi connectivity index (χ3n) is 4.12. The topological polar surface area (TPSA) is 115 Å². The first-order chi connectivity index (χ1) is 13.3. The average molecular weight is 418 g/mol. The number of sulfonamides is 1. The number of anilines is 1. The van der Waals surface area contributed by atoms with Crippen LogP contribution in [0.2, 0.25) is 5.02 Å². The average Bonchev–Trinajstić information content (AvgIpc) is 2.69. The van der Waals surface area contributed by atoms with Gasteiger partial charge in [-0.25, -0.2) is 8.42 Å². The largest absolute Gasteiger partial charge is 0.398 e. The van der Waals surface area contributed by atoms with Crippen LogP contribution in [0.4, 0.5) is 11.4 Å². The van der Waals surface area contributed by atoms with Crippen LogP contribution in [-0.4, -0.2) is 13.3 Å². The molecule has 3 N–H and O–H groups in total. The van der Waals surface area contributed by atoms with Gasteiger partial charge in [-0.2, -0.15) is 4.72 Å². The van der Waals surface area contributed by atoms with E-state index in [1.54, 1.807) is 42.5 Å². The molecule has 9 heteroatoms. The number of nitrogens with zero attached hydrogens (tertiary/aromatic N) is 1. The number of nitrogen functional groups attached to an aromatic ring is 1. The fraction of sp³-hybridized carbons (Fsp3) is 0.0526. The molecule has 0 aliphatic carbocycles. The Kier molecular flexibility index (Phi) is 5.64. The summed E-state index contributed by atoms with van der Waals surface area (Å²) in [6, 6.07) is 17.6. The van der Waals surface area contributed by atoms with Gasteiger partial charge in [0.1, 0.15) is 0 Å². The fourth-order valence-electron chi connectivity index (χ4n) is 2.72. The van der Waals surface area contributed by atoms with Gasteiger partial charge < -0.3 is 5.73 Å². The van der Waals surface area contributed by atoms with Gasteiger partial charge in [0.05, 0.1) is 15.9 Å². The van der Waals surface area contributed by atoms with Gasteiger partial charge in [0, 0.05) is 22.8 Å². The molecule has 0 aliphatic heterocycles. The van der Waals surface area contributed by atoms with E-state index in [0.717, 1.165) is 12.1 Å². The third kappa shape index (κ3) is 4.30. The summed E-state index contributed by atoms with van der Waals surface area (Å²) in [7, 11) is -4.00. The van der Waals surface area contributed by atoms with E-state index in [-0.39, 0.29) is 10.6 Å². The van der Waals surface area contributed by atoms with Gasteiger partial charge in [-0.15, -0.1) is 0 Å². The van der Waals surface area contributed by atoms with E-state index in [1.807, 2.05) is 6.07 Å². The summed E-state index contributed by atoms with van der Waals surface area (Å²) in [6.07, 6.45) is 0. The summed E-state index contributed by atoms with van der Waals surface area (Å²) in [6.45, 7) is 0. The van der Waals surface area contributed by atoms with Crippen LogP contribution in [0.1, 0.15) is 17.2 Å². The van der Waals surface area contributed by atoms with Crippen LogP contribution in [-0.2, 0) is 10.0 Å². The minimum absolute atomic E-state index is 0.0976. The van der Waals surface area contributed by atoms with Crippen molar-refractivity contribution in [3.8, 4) is 0 Å². The van der Waals surface area contributed by atoms with Crippen molar-refractivity contribution in [1.82, 2.24) is 4.72 Å². The van der Waals surface area contributed by atoms with Crippen molar-refractivity contribution in [3.05, 3.63) is 99.1 Å². The summed E-state index contributed by atoms with van der Waals surface area (Å²) in [5, 5.41) is 11.2. The smallest absolute Gasteiger partial charge is 0.269 e. The number of nitrogens with two attached hydrogens (primary N) is 1. The maximum absolute atomic E-state index is 12.9. The van der Waals surface area contributed by atoms with Gasteiger partial charge in [0.2, 0.25) is 10.0 Å². The maximum atomic E-state index is 12.9. The molecule has 3 aromatic rings. The molecule has 0 aliphatic rings. The molecular formula is C19H16ClN3O4S. The highest BCUT2D eigenvalue weighted by Crippen LogP contribution is 2.31. The minimum atomic E-state index is -4.00. The number of rotatable bonds is 6. The van der Waals surface area contributed by atoms with Crippen molar-refractivity contribution in [2.24, 2.45) is 0 Å². The molecule has 0 saturated heterocycles. The zero-order valence-corrected chi connectivity index (χ0v) is 16.0. The zero-order chi connectivity index (χ0) is 20.3. The van der Waals surface area contributed by atoms with Crippen LogP contribution in [0.15, 0.2) is 77.7 Å². The summed E-state index contributed by atoms with van der Waals surface area (Å²) >= 11 is 6.09. The van der Waals surface area contributed by atoms with E-state index in [1.165, 1.54) is 12.1 Å². The number of nitro benzene ring substituents is 1. The van der Waals surface area contributed by atoms with Gasteiger partial charge in [-0.1, -0.05) is 41.9 Å². The highest BCUT2D eigenvalue weighted by atomic mass is 35.5. The maximum Gasteiger partial charge on any atom is 0.269 e. The van der Waals surface area contributed by atoms with Gasteiger partial charge in [-0.3, -0.25) is 10.1 Å². The molecule has 0 radical (unpaired) electrons. The molecular weight excluding hydrogens is 402 g/mol. The van der Waals surface area contributed by atoms with Gasteiger partial charge in [0.15, 0.2) is 0 Å². The number of hydrogen-bond donors (Lipinski definition) is 2. The first-order valence-corrected chi connectivity index (χ1v) is 10.0. The molecule has 3 aromatic carbocycles. The van der Waals surface area contributed by atoms with Gasteiger partial charge in [-0.05, 0) is 41.5 Å². The Labute approximate surface area is 167 Å². The predicted molar refractivity (Wildman–Crippen MR) is 108 cm³/mol. The summed E-state index contributed by atoms with van der Waals surface area (Å²) in [4.78, 5) is 10.1. The standard InChI is InChI=1S/C19H16ClN3O4S/c20-14-6-11-18(21)17(12-14)19(13-4-2-1-3-5-13)22-28(26,27)16-9-7-15(8-10-16)23(24)25/h1-12,19,22H,21H2. The SMILES string of the molecule is Nc1ccc(Cl)cc1C(NS(=O)(=O)c1ccc([N+](=O)[O-])cc1)c1ccccc1. The Morgan fingerprint density at radius 1 is 1.00 bits per heavy atom. The van der Waals surface area contributed by atoms with Crippen LogP contribution < -0.4 is 10.5 Å². The lowest BCUT2D eigenvalue weighted by Gasteiger charge is -2.21. The molecule has 0 amide bonds. The van der Waals surface area contributed by atoms with Crippen molar-refractivity contribution in [2.45, 2.75) is 10.9 Å². The van der Waals surface area contributed by atoms with Crippen LogP contribution in [0, 0.1) is 10.1 Å². The van der Waals surface area contributed by atoms with Crippen LogP contribution >= 0.6 is 11.6 Å². The van der Waals surface area contributed by atoms with Crippen LogP contribution in [0.3, 0.4) is 0 Å². The summed E-state index contributed by atoms with van der Waals surface area (Å²) in [5.74, 6) is 0. The van der Waals surface area contributed by atoms with E-state index in [4.69, 9.17) is 17.3 Å². The molecule has 0 heterocycles. The molecule has 0 bridgehead atoms. The zero-order valence-electron chi connectivity index (χ0n) is 14.4. The molecule has 0 aromatic heterocycles. The highest BCUT2D eigenvalue weighted by molar-refractivity contribution is 7.89. The Balaban J connectivity index is 2.04. The number of benzene rings is 3. The molecule has 1 atom stereocenters. The second-order valence-corrected chi connectivity index (χ2v) is 8.14. The summed E-state index contributed by atoms with van der Waals surface area (Å²) in [5.41, 5.74) is 7.42. The Morgan fingerprint density at radius 2 is 1.64 bits per heavy atom. The third-order valence-corrected chi connectivity index (χ3v) is 5.80. The number of nitrogens with one attached hydrogen (secondary N) is 1. The Morgan fingerprint density at radius 3 is 2.25 bits per heavy atom. The first-order valence-electron chi connectivity index (χ1n) is 8.14. The molecule has 144 valence electrons. The van der Waals surface area contributed by atoms with E-state index in [9.17, 15) is 18.5 Å². The molecule has 0 spiro atoms. The van der Waals surface area contributed by atoms with Crippen molar-refractivity contribution in [3.63, 3.8) is 0 Å². The lowest BCUT2D eigenvalue weighted by Crippen LogP contribution is -2.30. The minimum Gasteiger partial charge on any atom is -0.398 e. The van der Waals surface area contributed by atoms with Crippen molar-refractivity contribution in [2.75, 3.05) is 5.73 Å². The van der Waals surface area contributed by atoms with Crippen LogP contribution in [0.5, 0.6) is 0 Å². The molecule has 0 fully saturated rings. The number of halogens is 1. The molecule has 0 saturated carbocycles. The van der Waals surface area contributed by atoms with Crippen molar-refractivity contribution < 1.29 is 13.3 Å². The van der Waals surface area contributed by atoms with Crippen molar-refractivity contribution in [1.29, 1.82) is 0 Å². The lowest BCUT2D eigenvalue weighted by molar-refractivity contribution is -0.384. The normalized spacial score (nSPS) is 12.5. The fourth-order valence-corrected chi connectivity index (χ4v) is 4.11. The Hall–Kier alpha value is -2.94. The second kappa shape index (κ2) is 7.97. The predicted octanol–water partition coefficient (Wildman–Crippen LogP) is 3.90. The Bertz CT molecular complexity index is 1100. The molecule has 28 heavy (non-hydrogen) atoms. The van der Waals surface area contributed by atoms with E-state index < -0.39 is 21.0 Å². The molecule has 3 rings (SSSR count). The van der Waals surface area contributed by atoms with Gasteiger partial charge in [0.25, 0.3) is 5.69 Å². The van der Waals surface area contributed by atoms with E-state index >= 15 is 0 Å². The summed E-state index contributed by atoms with van der Waals surface area (Å²) < 4.78 is 28.4. The first kappa shape index (κ1) is 19.8. The number of non-ortho nitro benzene ring substituents is 1. The second-order valence-electron chi connectivity index (χ2n) is 5.99. The number of hydrogen-bond acceptors (Lipinski definition) is 5. The van der Waals surface area contributed by atoms with E-state index in [2.05, 4.69) is 4.72 Å². The van der Waals surface area contributed by atoms with Gasteiger partial charge >= 0.3 is 0 Å². The van der Waals surface area contributed by atoms with Crippen LogP contribution in [0.25, 0.3) is 0 Å². The van der Waals surface area contributed by atoms with Crippen molar-refractivity contribution >= 4 is 33.0 Å². The van der Waals surface area contributed by atoms with E-state index in [0.29, 0.717) is 21.8 Å².